The lowest BCUT2D eigenvalue weighted by Crippen LogP contribution is -2.26. The molecule has 13 heavy (non-hydrogen) atoms. The van der Waals surface area contributed by atoms with E-state index in [0.717, 1.165) is 31.0 Å². The highest BCUT2D eigenvalue weighted by Gasteiger charge is 2.23. The van der Waals surface area contributed by atoms with E-state index in [0.29, 0.717) is 5.92 Å². The van der Waals surface area contributed by atoms with Crippen LogP contribution in [0.1, 0.15) is 36.8 Å². The molecule has 0 saturated carbocycles. The summed E-state index contributed by atoms with van der Waals surface area (Å²) >= 11 is 0. The maximum absolute atomic E-state index is 5.32. The molecule has 0 bridgehead atoms. The Balaban J connectivity index is 2.35. The number of hydrogen-bond donors (Lipinski definition) is 0. The van der Waals surface area contributed by atoms with Crippen molar-refractivity contribution in [3.8, 4) is 0 Å². The van der Waals surface area contributed by atoms with Crippen LogP contribution < -0.4 is 0 Å². The smallest absolute Gasteiger partial charge is 0.142 e. The van der Waals surface area contributed by atoms with Crippen LogP contribution >= 0.6 is 0 Å². The summed E-state index contributed by atoms with van der Waals surface area (Å²) in [6, 6.07) is 0. The molecule has 0 unspecified atom stereocenters. The SMILES string of the molecule is CC(C)c1noc2c1CN(C)CC2. The summed E-state index contributed by atoms with van der Waals surface area (Å²) in [6.45, 7) is 6.39. The van der Waals surface area contributed by atoms with E-state index >= 15 is 0 Å². The molecule has 0 saturated heterocycles. The molecular formula is C10H16N2O. The van der Waals surface area contributed by atoms with Crippen LogP contribution in [0.15, 0.2) is 4.52 Å². The molecule has 1 aromatic rings. The quantitative estimate of drug-likeness (QED) is 0.659. The average molecular weight is 180 g/mol. The number of fused-ring (bicyclic) bond motifs is 1. The molecule has 72 valence electrons. The van der Waals surface area contributed by atoms with Crippen molar-refractivity contribution in [1.29, 1.82) is 0 Å². The van der Waals surface area contributed by atoms with Crippen molar-refractivity contribution in [2.24, 2.45) is 0 Å². The molecule has 0 aromatic carbocycles. The maximum Gasteiger partial charge on any atom is 0.142 e. The monoisotopic (exact) mass is 180 g/mol. The number of rotatable bonds is 1. The van der Waals surface area contributed by atoms with Gasteiger partial charge in [0.05, 0.1) is 5.69 Å². The summed E-state index contributed by atoms with van der Waals surface area (Å²) in [7, 11) is 2.14. The summed E-state index contributed by atoms with van der Waals surface area (Å²) in [5.41, 5.74) is 2.46. The van der Waals surface area contributed by atoms with Crippen LogP contribution in [0.4, 0.5) is 0 Å². The zero-order valence-electron chi connectivity index (χ0n) is 8.50. The molecule has 2 rings (SSSR count). The van der Waals surface area contributed by atoms with Gasteiger partial charge in [0, 0.05) is 25.1 Å². The average Bonchev–Trinajstić information content (AvgIpc) is 2.46. The molecule has 1 aromatic heterocycles. The minimum absolute atomic E-state index is 0.471. The predicted molar refractivity (Wildman–Crippen MR) is 50.6 cm³/mol. The van der Waals surface area contributed by atoms with Crippen molar-refractivity contribution in [2.45, 2.75) is 32.7 Å². The van der Waals surface area contributed by atoms with E-state index in [1.54, 1.807) is 0 Å². The van der Waals surface area contributed by atoms with Crippen LogP contribution in [0.2, 0.25) is 0 Å². The Morgan fingerprint density at radius 3 is 2.92 bits per heavy atom. The van der Waals surface area contributed by atoms with Gasteiger partial charge in [-0.1, -0.05) is 19.0 Å². The van der Waals surface area contributed by atoms with E-state index in [1.807, 2.05) is 0 Å². The minimum Gasteiger partial charge on any atom is -0.361 e. The normalized spacial score (nSPS) is 17.8. The first-order valence-electron chi connectivity index (χ1n) is 4.84. The number of aromatic nitrogens is 1. The lowest BCUT2D eigenvalue weighted by atomic mass is 10.0. The van der Waals surface area contributed by atoms with Gasteiger partial charge in [-0.3, -0.25) is 0 Å². The summed E-state index contributed by atoms with van der Waals surface area (Å²) in [4.78, 5) is 2.31. The van der Waals surface area contributed by atoms with Gasteiger partial charge in [0.25, 0.3) is 0 Å². The Bertz CT molecular complexity index is 304. The molecule has 0 radical (unpaired) electrons. The molecule has 0 N–H and O–H groups in total. The topological polar surface area (TPSA) is 29.3 Å². The summed E-state index contributed by atoms with van der Waals surface area (Å²) in [5.74, 6) is 1.57. The molecule has 0 atom stereocenters. The predicted octanol–water partition coefficient (Wildman–Crippen LogP) is 1.79. The molecule has 3 nitrogen and oxygen atoms in total. The molecular weight excluding hydrogens is 164 g/mol. The van der Waals surface area contributed by atoms with Crippen LogP contribution in [0.5, 0.6) is 0 Å². The fraction of sp³-hybridized carbons (Fsp3) is 0.700. The first-order valence-corrected chi connectivity index (χ1v) is 4.84. The third kappa shape index (κ3) is 1.48. The largest absolute Gasteiger partial charge is 0.361 e. The first kappa shape index (κ1) is 8.75. The Labute approximate surface area is 78.7 Å². The standard InChI is InChI=1S/C10H16N2O/c1-7(2)10-8-6-12(3)5-4-9(8)13-11-10/h7H,4-6H2,1-3H3. The second-order valence-electron chi connectivity index (χ2n) is 4.11. The molecule has 3 heteroatoms. The molecule has 0 amide bonds. The van der Waals surface area contributed by atoms with Crippen molar-refractivity contribution in [3.05, 3.63) is 17.0 Å². The second-order valence-corrected chi connectivity index (χ2v) is 4.11. The van der Waals surface area contributed by atoms with Crippen LogP contribution in [0.3, 0.4) is 0 Å². The fourth-order valence-corrected chi connectivity index (χ4v) is 1.82. The number of hydrogen-bond acceptors (Lipinski definition) is 3. The van der Waals surface area contributed by atoms with Crippen molar-refractivity contribution >= 4 is 0 Å². The zero-order valence-corrected chi connectivity index (χ0v) is 8.50. The Hall–Kier alpha value is -0.830. The van der Waals surface area contributed by atoms with Gasteiger partial charge < -0.3 is 9.42 Å². The van der Waals surface area contributed by atoms with E-state index in [9.17, 15) is 0 Å². The molecule has 0 aliphatic carbocycles. The van der Waals surface area contributed by atoms with Crippen molar-refractivity contribution in [1.82, 2.24) is 10.1 Å². The Kier molecular flexibility index (Phi) is 2.12. The fourth-order valence-electron chi connectivity index (χ4n) is 1.82. The van der Waals surface area contributed by atoms with Gasteiger partial charge in [0.1, 0.15) is 5.76 Å². The Morgan fingerprint density at radius 1 is 1.46 bits per heavy atom. The molecule has 0 spiro atoms. The summed E-state index contributed by atoms with van der Waals surface area (Å²) in [6.07, 6.45) is 1.01. The highest BCUT2D eigenvalue weighted by molar-refractivity contribution is 5.27. The summed E-state index contributed by atoms with van der Waals surface area (Å²) in [5, 5.41) is 4.13. The van der Waals surface area contributed by atoms with E-state index in [4.69, 9.17) is 4.52 Å². The van der Waals surface area contributed by atoms with E-state index in [1.165, 1.54) is 5.56 Å². The highest BCUT2D eigenvalue weighted by Crippen LogP contribution is 2.26. The van der Waals surface area contributed by atoms with Crippen molar-refractivity contribution in [3.63, 3.8) is 0 Å². The van der Waals surface area contributed by atoms with Crippen molar-refractivity contribution in [2.75, 3.05) is 13.6 Å². The van der Waals surface area contributed by atoms with Gasteiger partial charge in [-0.15, -0.1) is 0 Å². The van der Waals surface area contributed by atoms with Gasteiger partial charge in [0.15, 0.2) is 0 Å². The zero-order chi connectivity index (χ0) is 9.42. The third-order valence-corrected chi connectivity index (χ3v) is 2.60. The lowest BCUT2D eigenvalue weighted by Gasteiger charge is -2.21. The van der Waals surface area contributed by atoms with E-state index < -0.39 is 0 Å². The second kappa shape index (κ2) is 3.14. The molecule has 1 aliphatic rings. The van der Waals surface area contributed by atoms with Gasteiger partial charge >= 0.3 is 0 Å². The Morgan fingerprint density at radius 2 is 2.23 bits per heavy atom. The van der Waals surface area contributed by atoms with Crippen LogP contribution in [-0.4, -0.2) is 23.6 Å². The van der Waals surface area contributed by atoms with E-state index in [2.05, 4.69) is 31.0 Å². The number of likely N-dealkylation sites (N-methyl/N-ethyl adjacent to an activating group) is 1. The van der Waals surface area contributed by atoms with E-state index in [-0.39, 0.29) is 0 Å². The van der Waals surface area contributed by atoms with Crippen molar-refractivity contribution < 1.29 is 4.52 Å². The third-order valence-electron chi connectivity index (χ3n) is 2.60. The molecule has 0 fully saturated rings. The highest BCUT2D eigenvalue weighted by atomic mass is 16.5. The van der Waals surface area contributed by atoms with Crippen LogP contribution in [0.25, 0.3) is 0 Å². The first-order chi connectivity index (χ1) is 6.18. The summed E-state index contributed by atoms with van der Waals surface area (Å²) < 4.78 is 5.32. The van der Waals surface area contributed by atoms with Crippen LogP contribution in [0, 0.1) is 0 Å². The maximum atomic E-state index is 5.32. The van der Waals surface area contributed by atoms with Gasteiger partial charge in [-0.05, 0) is 13.0 Å². The molecule has 1 aliphatic heterocycles. The van der Waals surface area contributed by atoms with Crippen LogP contribution in [-0.2, 0) is 13.0 Å². The van der Waals surface area contributed by atoms with Gasteiger partial charge in [0.2, 0.25) is 0 Å². The number of nitrogens with zero attached hydrogens (tertiary/aromatic N) is 2. The van der Waals surface area contributed by atoms with Gasteiger partial charge in [-0.2, -0.15) is 0 Å². The molecule has 2 heterocycles. The van der Waals surface area contributed by atoms with Gasteiger partial charge in [-0.25, -0.2) is 0 Å². The minimum atomic E-state index is 0.471. The lowest BCUT2D eigenvalue weighted by molar-refractivity contribution is 0.281.